The molecular weight excluding hydrogens is 301 g/mol. The molecule has 0 spiro atoms. The summed E-state index contributed by atoms with van der Waals surface area (Å²) in [5.41, 5.74) is 6.88. The first-order valence-corrected chi connectivity index (χ1v) is 7.85. The largest absolute Gasteiger partial charge is 0.398 e. The molecule has 2 N–H and O–H groups in total. The molecule has 2 aromatic carbocycles. The van der Waals surface area contributed by atoms with Gasteiger partial charge in [0, 0.05) is 5.02 Å². The lowest BCUT2D eigenvalue weighted by Gasteiger charge is -2.10. The van der Waals surface area contributed by atoms with E-state index < -0.39 is 21.4 Å². The van der Waals surface area contributed by atoms with Crippen molar-refractivity contribution >= 4 is 27.1 Å². The predicted octanol–water partition coefficient (Wildman–Crippen LogP) is 3.34. The molecule has 106 valence electrons. The number of rotatable bonds is 3. The molecule has 6 heteroatoms. The third-order valence-corrected chi connectivity index (χ3v) is 4.94. The lowest BCUT2D eigenvalue weighted by molar-refractivity contribution is 0.595. The van der Waals surface area contributed by atoms with Crippen LogP contribution in [0.15, 0.2) is 41.3 Å². The highest BCUT2D eigenvalue weighted by Gasteiger charge is 2.20. The van der Waals surface area contributed by atoms with Crippen LogP contribution in [0.5, 0.6) is 0 Å². The lowest BCUT2D eigenvalue weighted by atomic mass is 10.2. The van der Waals surface area contributed by atoms with Crippen molar-refractivity contribution in [3.8, 4) is 0 Å². The van der Waals surface area contributed by atoms with Gasteiger partial charge in [-0.15, -0.1) is 0 Å². The van der Waals surface area contributed by atoms with Crippen LogP contribution in [0.25, 0.3) is 0 Å². The Labute approximate surface area is 122 Å². The molecule has 0 amide bonds. The molecule has 2 aromatic rings. The van der Waals surface area contributed by atoms with Gasteiger partial charge < -0.3 is 5.73 Å². The van der Waals surface area contributed by atoms with Crippen LogP contribution in [0.4, 0.5) is 10.1 Å². The second-order valence-electron chi connectivity index (χ2n) is 4.54. The summed E-state index contributed by atoms with van der Waals surface area (Å²) in [4.78, 5) is 0.0397. The van der Waals surface area contributed by atoms with Gasteiger partial charge in [-0.25, -0.2) is 12.8 Å². The zero-order chi connectivity index (χ0) is 14.9. The molecular formula is C14H13ClFNO2S. The minimum Gasteiger partial charge on any atom is -0.398 e. The smallest absolute Gasteiger partial charge is 0.184 e. The number of hydrogen-bond acceptors (Lipinski definition) is 3. The SMILES string of the molecule is Cc1ccc(N)c(S(=O)(=O)Cc2cc(F)ccc2Cl)c1. The summed E-state index contributed by atoms with van der Waals surface area (Å²) < 4.78 is 37.9. The highest BCUT2D eigenvalue weighted by molar-refractivity contribution is 7.90. The Kier molecular flexibility index (Phi) is 4.01. The zero-order valence-corrected chi connectivity index (χ0v) is 12.3. The minimum atomic E-state index is -3.68. The van der Waals surface area contributed by atoms with Crippen molar-refractivity contribution in [2.75, 3.05) is 5.73 Å². The molecule has 0 bridgehead atoms. The van der Waals surface area contributed by atoms with E-state index in [0.717, 1.165) is 11.6 Å². The number of benzene rings is 2. The standard InChI is InChI=1S/C14H13ClFNO2S/c1-9-2-5-13(17)14(6-9)20(18,19)8-10-7-11(16)3-4-12(10)15/h2-7H,8,17H2,1H3. The Morgan fingerprint density at radius 2 is 1.90 bits per heavy atom. The highest BCUT2D eigenvalue weighted by atomic mass is 35.5. The first-order chi connectivity index (χ1) is 9.29. The van der Waals surface area contributed by atoms with Gasteiger partial charge in [-0.2, -0.15) is 0 Å². The fourth-order valence-corrected chi connectivity index (χ4v) is 3.71. The average Bonchev–Trinajstić information content (AvgIpc) is 2.36. The number of nitrogen functional groups attached to an aromatic ring is 1. The van der Waals surface area contributed by atoms with Gasteiger partial charge in [0.1, 0.15) is 5.82 Å². The Balaban J connectivity index is 2.46. The van der Waals surface area contributed by atoms with E-state index in [9.17, 15) is 12.8 Å². The van der Waals surface area contributed by atoms with Crippen LogP contribution in [0.1, 0.15) is 11.1 Å². The molecule has 0 saturated heterocycles. The fourth-order valence-electron chi connectivity index (χ4n) is 1.85. The van der Waals surface area contributed by atoms with Gasteiger partial charge in [0.2, 0.25) is 0 Å². The molecule has 0 unspecified atom stereocenters. The topological polar surface area (TPSA) is 60.2 Å². The summed E-state index contributed by atoms with van der Waals surface area (Å²) in [6.07, 6.45) is 0. The second kappa shape index (κ2) is 5.42. The van der Waals surface area contributed by atoms with Crippen molar-refractivity contribution in [1.82, 2.24) is 0 Å². The van der Waals surface area contributed by atoms with E-state index in [1.54, 1.807) is 13.0 Å². The molecule has 0 aromatic heterocycles. The Hall–Kier alpha value is -1.59. The number of hydrogen-bond donors (Lipinski definition) is 1. The molecule has 0 fully saturated rings. The van der Waals surface area contributed by atoms with Gasteiger partial charge in [0.25, 0.3) is 0 Å². The molecule has 0 saturated carbocycles. The van der Waals surface area contributed by atoms with Crippen molar-refractivity contribution in [3.63, 3.8) is 0 Å². The van der Waals surface area contributed by atoms with Crippen molar-refractivity contribution < 1.29 is 12.8 Å². The van der Waals surface area contributed by atoms with E-state index in [2.05, 4.69) is 0 Å². The summed E-state index contributed by atoms with van der Waals surface area (Å²) in [6.45, 7) is 1.77. The van der Waals surface area contributed by atoms with E-state index in [4.69, 9.17) is 17.3 Å². The van der Waals surface area contributed by atoms with Crippen molar-refractivity contribution in [1.29, 1.82) is 0 Å². The van der Waals surface area contributed by atoms with Gasteiger partial charge in [-0.05, 0) is 48.4 Å². The van der Waals surface area contributed by atoms with E-state index in [1.165, 1.54) is 24.3 Å². The average molecular weight is 314 g/mol. The molecule has 3 nitrogen and oxygen atoms in total. The molecule has 0 aliphatic carbocycles. The molecule has 2 rings (SSSR count). The van der Waals surface area contributed by atoms with E-state index in [1.807, 2.05) is 0 Å². The maximum Gasteiger partial charge on any atom is 0.184 e. The molecule has 0 heterocycles. The number of anilines is 1. The third-order valence-electron chi connectivity index (χ3n) is 2.86. The van der Waals surface area contributed by atoms with E-state index >= 15 is 0 Å². The third kappa shape index (κ3) is 3.11. The van der Waals surface area contributed by atoms with E-state index in [0.29, 0.717) is 0 Å². The highest BCUT2D eigenvalue weighted by Crippen LogP contribution is 2.26. The number of sulfone groups is 1. The molecule has 0 radical (unpaired) electrons. The van der Waals surface area contributed by atoms with Gasteiger partial charge >= 0.3 is 0 Å². The maximum atomic E-state index is 13.2. The summed E-state index contributed by atoms with van der Waals surface area (Å²) in [6, 6.07) is 8.39. The monoisotopic (exact) mass is 313 g/mol. The van der Waals surface area contributed by atoms with Crippen LogP contribution in [0.2, 0.25) is 5.02 Å². The lowest BCUT2D eigenvalue weighted by Crippen LogP contribution is -2.09. The van der Waals surface area contributed by atoms with Crippen LogP contribution in [-0.2, 0) is 15.6 Å². The normalized spacial score (nSPS) is 11.6. The van der Waals surface area contributed by atoms with Crippen molar-refractivity contribution in [2.24, 2.45) is 0 Å². The maximum absolute atomic E-state index is 13.2. The quantitative estimate of drug-likeness (QED) is 0.884. The van der Waals surface area contributed by atoms with Gasteiger partial charge in [0.15, 0.2) is 9.84 Å². The van der Waals surface area contributed by atoms with Crippen molar-refractivity contribution in [3.05, 3.63) is 58.4 Å². The Bertz CT molecular complexity index is 760. The number of halogens is 2. The molecule has 0 aliphatic rings. The van der Waals surface area contributed by atoms with Gasteiger partial charge in [-0.1, -0.05) is 17.7 Å². The Morgan fingerprint density at radius 1 is 1.20 bits per heavy atom. The zero-order valence-electron chi connectivity index (χ0n) is 10.7. The van der Waals surface area contributed by atoms with Gasteiger partial charge in [-0.3, -0.25) is 0 Å². The number of nitrogens with two attached hydrogens (primary N) is 1. The minimum absolute atomic E-state index is 0.0397. The van der Waals surface area contributed by atoms with Crippen molar-refractivity contribution in [2.45, 2.75) is 17.6 Å². The summed E-state index contributed by atoms with van der Waals surface area (Å²) in [5.74, 6) is -0.922. The number of aryl methyl sites for hydroxylation is 1. The second-order valence-corrected chi connectivity index (χ2v) is 6.90. The predicted molar refractivity (Wildman–Crippen MR) is 77.9 cm³/mol. The van der Waals surface area contributed by atoms with E-state index in [-0.39, 0.29) is 21.2 Å². The summed E-state index contributed by atoms with van der Waals surface area (Å²) in [5, 5.41) is 0.209. The Morgan fingerprint density at radius 3 is 2.60 bits per heavy atom. The van der Waals surface area contributed by atoms with Crippen LogP contribution in [0, 0.1) is 12.7 Å². The molecule has 0 aliphatic heterocycles. The van der Waals surface area contributed by atoms with Crippen LogP contribution < -0.4 is 5.73 Å². The first-order valence-electron chi connectivity index (χ1n) is 5.82. The van der Waals surface area contributed by atoms with Gasteiger partial charge in [0.05, 0.1) is 16.3 Å². The summed E-state index contributed by atoms with van der Waals surface area (Å²) in [7, 11) is -3.68. The van der Waals surface area contributed by atoms with Crippen LogP contribution >= 0.6 is 11.6 Å². The van der Waals surface area contributed by atoms with Crippen LogP contribution in [-0.4, -0.2) is 8.42 Å². The molecule has 20 heavy (non-hydrogen) atoms. The first kappa shape index (κ1) is 14.8. The van der Waals surface area contributed by atoms with Crippen LogP contribution in [0.3, 0.4) is 0 Å². The molecule has 0 atom stereocenters. The fraction of sp³-hybridized carbons (Fsp3) is 0.143. The summed E-state index contributed by atoms with van der Waals surface area (Å²) >= 11 is 5.90.